The van der Waals surface area contributed by atoms with Gasteiger partial charge < -0.3 is 9.84 Å². The van der Waals surface area contributed by atoms with Crippen molar-refractivity contribution in [1.29, 1.82) is 0 Å². The van der Waals surface area contributed by atoms with Crippen molar-refractivity contribution < 1.29 is 9.84 Å². The summed E-state index contributed by atoms with van der Waals surface area (Å²) < 4.78 is 7.58. The summed E-state index contributed by atoms with van der Waals surface area (Å²) in [5, 5.41) is 16.5. The molecule has 6 heteroatoms. The van der Waals surface area contributed by atoms with Crippen LogP contribution in [0.25, 0.3) is 0 Å². The third kappa shape index (κ3) is 4.39. The average molecular weight is 321 g/mol. The van der Waals surface area contributed by atoms with Crippen LogP contribution in [-0.4, -0.2) is 51.6 Å². The van der Waals surface area contributed by atoms with E-state index in [0.717, 1.165) is 13.1 Å². The van der Waals surface area contributed by atoms with Crippen molar-refractivity contribution in [2.24, 2.45) is 0 Å². The van der Waals surface area contributed by atoms with Crippen LogP contribution >= 0.6 is 11.3 Å². The van der Waals surface area contributed by atoms with Gasteiger partial charge in [-0.05, 0) is 36.9 Å². The zero-order chi connectivity index (χ0) is 15.2. The molecule has 1 N–H and O–H groups in total. The van der Waals surface area contributed by atoms with E-state index in [0.29, 0.717) is 25.8 Å². The molecular weight excluding hydrogens is 298 g/mol. The number of hydrogen-bond donors (Lipinski definition) is 1. The molecule has 1 aliphatic rings. The van der Waals surface area contributed by atoms with Gasteiger partial charge in [0.2, 0.25) is 0 Å². The number of β-amino-alcohol motifs (C(OH)–C–C–N with tert-alkyl or cyclic N) is 1. The van der Waals surface area contributed by atoms with Crippen LogP contribution in [0, 0.1) is 0 Å². The number of rotatable bonds is 8. The maximum atomic E-state index is 10.2. The highest BCUT2D eigenvalue weighted by atomic mass is 32.1. The van der Waals surface area contributed by atoms with Crippen LogP contribution in [0.4, 0.5) is 0 Å². The van der Waals surface area contributed by atoms with E-state index in [2.05, 4.69) is 16.1 Å². The molecule has 0 aromatic carbocycles. The van der Waals surface area contributed by atoms with Gasteiger partial charge in [0.05, 0.1) is 25.9 Å². The van der Waals surface area contributed by atoms with Crippen molar-refractivity contribution in [2.75, 3.05) is 19.7 Å². The minimum Gasteiger partial charge on any atom is -0.389 e. The smallest absolute Gasteiger partial charge is 0.0900 e. The van der Waals surface area contributed by atoms with Crippen molar-refractivity contribution in [2.45, 2.75) is 38.1 Å². The normalized spacial score (nSPS) is 20.5. The molecule has 1 saturated heterocycles. The number of aliphatic hydroxyl groups is 1. The van der Waals surface area contributed by atoms with Gasteiger partial charge in [0.1, 0.15) is 0 Å². The highest BCUT2D eigenvalue weighted by Crippen LogP contribution is 2.19. The van der Waals surface area contributed by atoms with Gasteiger partial charge in [0, 0.05) is 29.9 Å². The molecule has 0 radical (unpaired) electrons. The molecule has 0 bridgehead atoms. The van der Waals surface area contributed by atoms with E-state index in [1.807, 2.05) is 34.6 Å². The molecular formula is C16H23N3O2S. The minimum absolute atomic E-state index is 0.392. The molecule has 3 heterocycles. The first-order valence-electron chi connectivity index (χ1n) is 7.81. The highest BCUT2D eigenvalue weighted by molar-refractivity contribution is 7.09. The van der Waals surface area contributed by atoms with Crippen LogP contribution in [0.15, 0.2) is 36.0 Å². The van der Waals surface area contributed by atoms with E-state index in [4.69, 9.17) is 4.74 Å². The quantitative estimate of drug-likeness (QED) is 0.808. The maximum Gasteiger partial charge on any atom is 0.0900 e. The largest absolute Gasteiger partial charge is 0.389 e. The molecule has 0 spiro atoms. The summed E-state index contributed by atoms with van der Waals surface area (Å²) in [6.45, 7) is 3.61. The van der Waals surface area contributed by atoms with Crippen molar-refractivity contribution in [1.82, 2.24) is 14.7 Å². The predicted molar refractivity (Wildman–Crippen MR) is 86.8 cm³/mol. The summed E-state index contributed by atoms with van der Waals surface area (Å²) in [4.78, 5) is 3.56. The number of aromatic nitrogens is 2. The Hall–Kier alpha value is -1.21. The van der Waals surface area contributed by atoms with Crippen molar-refractivity contribution >= 4 is 11.3 Å². The van der Waals surface area contributed by atoms with Gasteiger partial charge in [0.25, 0.3) is 0 Å². The fourth-order valence-electron chi connectivity index (χ4n) is 2.98. The summed E-state index contributed by atoms with van der Waals surface area (Å²) in [5.41, 5.74) is 0. The third-order valence-corrected chi connectivity index (χ3v) is 4.89. The molecule has 0 saturated carbocycles. The number of thiophene rings is 1. The van der Waals surface area contributed by atoms with E-state index in [9.17, 15) is 5.11 Å². The predicted octanol–water partition coefficient (Wildman–Crippen LogP) is 1.99. The molecule has 2 atom stereocenters. The molecule has 1 aliphatic heterocycles. The minimum atomic E-state index is -0.432. The van der Waals surface area contributed by atoms with E-state index in [1.165, 1.54) is 17.7 Å². The first-order chi connectivity index (χ1) is 10.8. The Labute approximate surface area is 135 Å². The summed E-state index contributed by atoms with van der Waals surface area (Å²) in [5.74, 6) is 0. The van der Waals surface area contributed by atoms with Crippen LogP contribution in [0.2, 0.25) is 0 Å². The fourth-order valence-corrected chi connectivity index (χ4v) is 3.62. The summed E-state index contributed by atoms with van der Waals surface area (Å²) in [6.07, 6.45) is 5.74. The lowest BCUT2D eigenvalue weighted by atomic mass is 10.2. The lowest BCUT2D eigenvalue weighted by Gasteiger charge is -2.26. The summed E-state index contributed by atoms with van der Waals surface area (Å²) >= 11 is 1.68. The molecule has 22 heavy (non-hydrogen) atoms. The van der Waals surface area contributed by atoms with Crippen LogP contribution in [-0.2, 0) is 17.9 Å². The molecule has 120 valence electrons. The molecule has 0 aliphatic carbocycles. The van der Waals surface area contributed by atoms with Crippen molar-refractivity contribution in [3.8, 4) is 0 Å². The molecule has 5 nitrogen and oxygen atoms in total. The topological polar surface area (TPSA) is 50.5 Å². The Kier molecular flexibility index (Phi) is 5.61. The Morgan fingerprint density at radius 2 is 2.41 bits per heavy atom. The van der Waals surface area contributed by atoms with Crippen molar-refractivity contribution in [3.63, 3.8) is 0 Å². The molecule has 0 amide bonds. The molecule has 2 aromatic heterocycles. The number of ether oxygens (including phenoxy) is 1. The van der Waals surface area contributed by atoms with Gasteiger partial charge in [-0.25, -0.2) is 0 Å². The second-order valence-electron chi connectivity index (χ2n) is 5.77. The zero-order valence-electron chi connectivity index (χ0n) is 12.7. The van der Waals surface area contributed by atoms with Crippen LogP contribution in [0.3, 0.4) is 0 Å². The average Bonchev–Trinajstić information content (AvgIpc) is 3.23. The van der Waals surface area contributed by atoms with Crippen LogP contribution in [0.1, 0.15) is 17.7 Å². The number of nitrogens with zero attached hydrogens (tertiary/aromatic N) is 3. The third-order valence-electron chi connectivity index (χ3n) is 4.04. The maximum absolute atomic E-state index is 10.2. The number of hydrogen-bond acceptors (Lipinski definition) is 5. The highest BCUT2D eigenvalue weighted by Gasteiger charge is 2.26. The molecule has 2 aromatic rings. The standard InChI is InChI=1S/C16H23N3O2S/c20-15(12-21-13-16-5-2-9-22-16)11-18-7-1-4-14(18)10-19-8-3-6-17-19/h2-3,5-6,8-9,14-15,20H,1,4,7,10-13H2/t14-,15+/m0/s1. The number of likely N-dealkylation sites (tertiary alicyclic amines) is 1. The van der Waals surface area contributed by atoms with Crippen LogP contribution < -0.4 is 0 Å². The second-order valence-corrected chi connectivity index (χ2v) is 6.80. The number of aliphatic hydroxyl groups excluding tert-OH is 1. The summed E-state index contributed by atoms with van der Waals surface area (Å²) in [6, 6.07) is 6.49. The van der Waals surface area contributed by atoms with E-state index in [-0.39, 0.29) is 0 Å². The Bertz CT molecular complexity index is 530. The first kappa shape index (κ1) is 15.7. The first-order valence-corrected chi connectivity index (χ1v) is 8.69. The van der Waals surface area contributed by atoms with Gasteiger partial charge in [-0.15, -0.1) is 11.3 Å². The van der Waals surface area contributed by atoms with Gasteiger partial charge in [-0.3, -0.25) is 9.58 Å². The SMILES string of the molecule is O[C@@H](COCc1cccs1)CN1CCC[C@H]1Cn1cccn1. The fraction of sp³-hybridized carbons (Fsp3) is 0.562. The van der Waals surface area contributed by atoms with E-state index >= 15 is 0 Å². The lowest BCUT2D eigenvalue weighted by molar-refractivity contribution is 0.00741. The van der Waals surface area contributed by atoms with Crippen LogP contribution in [0.5, 0.6) is 0 Å². The Morgan fingerprint density at radius 1 is 1.45 bits per heavy atom. The molecule has 3 rings (SSSR count). The van der Waals surface area contributed by atoms with Gasteiger partial charge in [-0.1, -0.05) is 6.07 Å². The monoisotopic (exact) mass is 321 g/mol. The molecule has 0 unspecified atom stereocenters. The van der Waals surface area contributed by atoms with Gasteiger partial charge >= 0.3 is 0 Å². The van der Waals surface area contributed by atoms with E-state index in [1.54, 1.807) is 11.3 Å². The van der Waals surface area contributed by atoms with Gasteiger partial charge in [0.15, 0.2) is 0 Å². The molecule has 1 fully saturated rings. The Balaban J connectivity index is 1.40. The van der Waals surface area contributed by atoms with Gasteiger partial charge in [-0.2, -0.15) is 5.10 Å². The van der Waals surface area contributed by atoms with E-state index < -0.39 is 6.10 Å². The Morgan fingerprint density at radius 3 is 3.18 bits per heavy atom. The lowest BCUT2D eigenvalue weighted by Crippen LogP contribution is -2.40. The van der Waals surface area contributed by atoms with Crippen molar-refractivity contribution in [3.05, 3.63) is 40.8 Å². The summed E-state index contributed by atoms with van der Waals surface area (Å²) in [7, 11) is 0. The second kappa shape index (κ2) is 7.87. The zero-order valence-corrected chi connectivity index (χ0v) is 13.5.